The maximum Gasteiger partial charge on any atom is 0.277 e. The fraction of sp³-hybridized carbons (Fsp3) is 0.522. The van der Waals surface area contributed by atoms with Crippen molar-refractivity contribution in [2.45, 2.75) is 38.4 Å². The monoisotopic (exact) mass is 493 g/mol. The Hall–Kier alpha value is -2.76. The van der Waals surface area contributed by atoms with E-state index >= 15 is 0 Å². The number of rotatable bonds is 8. The van der Waals surface area contributed by atoms with Crippen molar-refractivity contribution < 1.29 is 20.0 Å². The molecule has 1 aromatic carbocycles. The fourth-order valence-electron chi connectivity index (χ4n) is 4.10. The van der Waals surface area contributed by atoms with Gasteiger partial charge in [-0.1, -0.05) is 20.2 Å². The maximum absolute atomic E-state index is 13.6. The number of sulfonamides is 1. The molecule has 0 spiro atoms. The molecule has 0 saturated carbocycles. The van der Waals surface area contributed by atoms with Gasteiger partial charge in [-0.3, -0.25) is 9.48 Å². The molecule has 0 aliphatic carbocycles. The minimum atomic E-state index is -4.04. The van der Waals surface area contributed by atoms with Gasteiger partial charge in [0.2, 0.25) is 10.0 Å². The van der Waals surface area contributed by atoms with E-state index in [4.69, 9.17) is 11.6 Å². The van der Waals surface area contributed by atoms with Crippen LogP contribution < -0.4 is 10.3 Å². The number of hydrogen-bond donors (Lipinski definition) is 1. The molecule has 1 aliphatic heterocycles. The highest BCUT2D eigenvalue weighted by molar-refractivity contribution is 7.89. The van der Waals surface area contributed by atoms with Crippen LogP contribution in [0.1, 0.15) is 39.7 Å². The van der Waals surface area contributed by atoms with Crippen molar-refractivity contribution in [3.05, 3.63) is 34.2 Å². The highest BCUT2D eigenvalue weighted by Gasteiger charge is 2.29. The van der Waals surface area contributed by atoms with Crippen LogP contribution in [0.2, 0.25) is 0 Å². The summed E-state index contributed by atoms with van der Waals surface area (Å²) in [4.78, 5) is 21.5. The van der Waals surface area contributed by atoms with Gasteiger partial charge in [0.25, 0.3) is 5.56 Å². The van der Waals surface area contributed by atoms with Gasteiger partial charge in [-0.25, -0.2) is 13.4 Å². The van der Waals surface area contributed by atoms with E-state index in [1.54, 1.807) is 14.0 Å². The van der Waals surface area contributed by atoms with Crippen molar-refractivity contribution in [1.82, 2.24) is 29.0 Å². The second-order valence-corrected chi connectivity index (χ2v) is 9.96. The Morgan fingerprint density at radius 2 is 2.00 bits per heavy atom. The van der Waals surface area contributed by atoms with Crippen LogP contribution in [0.15, 0.2) is 27.9 Å². The zero-order valence-corrected chi connectivity index (χ0v) is 20.3. The summed E-state index contributed by atoms with van der Waals surface area (Å²) in [7, 11) is -2.38. The van der Waals surface area contributed by atoms with E-state index in [9.17, 15) is 13.2 Å². The van der Waals surface area contributed by atoms with Crippen molar-refractivity contribution in [2.24, 2.45) is 7.05 Å². The maximum atomic E-state index is 13.6. The molecule has 1 saturated heterocycles. The van der Waals surface area contributed by atoms with Gasteiger partial charge in [0.15, 0.2) is 5.52 Å². The van der Waals surface area contributed by atoms with Crippen LogP contribution in [-0.4, -0.2) is 76.7 Å². The zero-order valence-electron chi connectivity index (χ0n) is 24.5. The Kier molecular flexibility index (Phi) is 5.37. The number of fused-ring (bicyclic) bond motifs is 1. The molecule has 2 aromatic heterocycles. The average molecular weight is 494 g/mol. The Labute approximate surface area is 206 Å². The number of ether oxygens (including phenoxy) is 1. The molecule has 34 heavy (non-hydrogen) atoms. The normalized spacial score (nSPS) is 18.7. The predicted molar refractivity (Wildman–Crippen MR) is 131 cm³/mol. The van der Waals surface area contributed by atoms with E-state index in [1.165, 1.54) is 27.2 Å². The smallest absolute Gasteiger partial charge is 0.277 e. The molecule has 184 valence electrons. The fourth-order valence-corrected chi connectivity index (χ4v) is 5.55. The molecule has 0 amide bonds. The summed E-state index contributed by atoms with van der Waals surface area (Å²) in [5, 5.41) is 4.42. The van der Waals surface area contributed by atoms with Crippen molar-refractivity contribution in [1.29, 1.82) is 0 Å². The number of H-pyrrole nitrogens is 1. The average Bonchev–Trinajstić information content (AvgIpc) is 3.19. The molecule has 1 aliphatic rings. The molecule has 4 rings (SSSR count). The summed E-state index contributed by atoms with van der Waals surface area (Å²) in [5.74, 6) is 0.490. The van der Waals surface area contributed by atoms with E-state index in [1.807, 2.05) is 6.92 Å². The third-order valence-corrected chi connectivity index (χ3v) is 7.68. The van der Waals surface area contributed by atoms with Gasteiger partial charge >= 0.3 is 0 Å². The number of aromatic nitrogens is 4. The van der Waals surface area contributed by atoms with Gasteiger partial charge in [0.1, 0.15) is 17.1 Å². The second-order valence-electron chi connectivity index (χ2n) is 8.03. The van der Waals surface area contributed by atoms with E-state index in [-0.39, 0.29) is 36.9 Å². The molecule has 11 heteroatoms. The number of aromatic amines is 1. The number of hydrogen-bond acceptors (Lipinski definition) is 7. The van der Waals surface area contributed by atoms with E-state index in [2.05, 4.69) is 15.1 Å². The first-order valence-corrected chi connectivity index (χ1v) is 12.6. The first kappa shape index (κ1) is 18.6. The first-order valence-electron chi connectivity index (χ1n) is 13.7. The third-order valence-electron chi connectivity index (χ3n) is 5.79. The first-order chi connectivity index (χ1) is 18.2. The minimum Gasteiger partial charge on any atom is -0.493 e. The lowest BCUT2D eigenvalue weighted by molar-refractivity contribution is 0.196. The van der Waals surface area contributed by atoms with Crippen LogP contribution >= 0.6 is 0 Å². The van der Waals surface area contributed by atoms with Crippen LogP contribution in [0.25, 0.3) is 22.4 Å². The summed E-state index contributed by atoms with van der Waals surface area (Å²) >= 11 is 0. The van der Waals surface area contributed by atoms with Crippen LogP contribution in [0.3, 0.4) is 0 Å². The molecule has 3 heterocycles. The molecule has 0 atom stereocenters. The Balaban J connectivity index is 1.72. The minimum absolute atomic E-state index is 0.0593. The van der Waals surface area contributed by atoms with Gasteiger partial charge in [-0.05, 0) is 38.0 Å². The van der Waals surface area contributed by atoms with Gasteiger partial charge in [-0.15, -0.1) is 0 Å². The molecular weight excluding hydrogens is 456 g/mol. The van der Waals surface area contributed by atoms with E-state index < -0.39 is 28.9 Å². The molecule has 10 nitrogen and oxygen atoms in total. The Morgan fingerprint density at radius 3 is 2.68 bits per heavy atom. The molecule has 1 fully saturated rings. The number of nitrogens with one attached hydrogen (secondary N) is 1. The van der Waals surface area contributed by atoms with Crippen LogP contribution in [-0.2, 0) is 23.5 Å². The van der Waals surface area contributed by atoms with Gasteiger partial charge < -0.3 is 14.6 Å². The van der Waals surface area contributed by atoms with Crippen molar-refractivity contribution >= 4 is 21.1 Å². The second kappa shape index (κ2) is 9.85. The number of aryl methyl sites for hydroxylation is 2. The Bertz CT molecular complexity index is 1530. The van der Waals surface area contributed by atoms with E-state index in [0.29, 0.717) is 41.1 Å². The van der Waals surface area contributed by atoms with Gasteiger partial charge in [0, 0.05) is 40.1 Å². The lowest BCUT2D eigenvalue weighted by Gasteiger charge is -2.33. The summed E-state index contributed by atoms with van der Waals surface area (Å²) < 4.78 is 73.9. The standard InChI is InChI=1S/C23H32N6O4S/c1-5-8-18-20-21(27(4)26-18)23(30)25-22(24-20)17-15-16(9-10-19(17)33-7-3)34(31,32)29-13-11-28(6-2)12-14-29/h9-10,15H,5-8,11-14H2,1-4H3,(H,24,25,30)/i2D3,6D2. The topological polar surface area (TPSA) is 113 Å². The number of piperazine rings is 1. The molecule has 0 bridgehead atoms. The highest BCUT2D eigenvalue weighted by Crippen LogP contribution is 2.32. The van der Waals surface area contributed by atoms with E-state index in [0.717, 1.165) is 11.3 Å². The largest absolute Gasteiger partial charge is 0.493 e. The number of likely N-dealkylation sites (N-methyl/N-ethyl adjacent to an activating group) is 1. The summed E-state index contributed by atoms with van der Waals surface area (Å²) in [6, 6.07) is 4.31. The molecular formula is C23H32N6O4S. The SMILES string of the molecule is [2H]C([2H])([2H])C([2H])([2H])N1CCN(S(=O)(=O)c2ccc(OCC)c(-c3nc4c(CCC)nn(C)c4c(=O)[nH]3)c2)CC1. The molecule has 3 aromatic rings. The van der Waals surface area contributed by atoms with Gasteiger partial charge in [-0.2, -0.15) is 9.40 Å². The van der Waals surface area contributed by atoms with Crippen LogP contribution in [0.4, 0.5) is 0 Å². The highest BCUT2D eigenvalue weighted by atomic mass is 32.2. The number of benzene rings is 1. The quantitative estimate of drug-likeness (QED) is 0.511. The third kappa shape index (κ3) is 4.47. The van der Waals surface area contributed by atoms with Gasteiger partial charge in [0.05, 0.1) is 22.8 Å². The summed E-state index contributed by atoms with van der Waals surface area (Å²) in [6.07, 6.45) is 1.42. The predicted octanol–water partition coefficient (Wildman–Crippen LogP) is 2.00. The summed E-state index contributed by atoms with van der Waals surface area (Å²) in [6.45, 7) is -1.70. The lowest BCUT2D eigenvalue weighted by Crippen LogP contribution is -2.48. The number of nitrogens with zero attached hydrogens (tertiary/aromatic N) is 5. The molecule has 1 N–H and O–H groups in total. The van der Waals surface area contributed by atoms with Crippen molar-refractivity contribution in [3.8, 4) is 17.1 Å². The van der Waals surface area contributed by atoms with Crippen molar-refractivity contribution in [2.75, 3.05) is 39.3 Å². The Morgan fingerprint density at radius 1 is 1.24 bits per heavy atom. The molecule has 0 unspecified atom stereocenters. The van der Waals surface area contributed by atoms with Crippen LogP contribution in [0, 0.1) is 0 Å². The van der Waals surface area contributed by atoms with Crippen molar-refractivity contribution in [3.63, 3.8) is 0 Å². The lowest BCUT2D eigenvalue weighted by atomic mass is 10.1. The molecule has 0 radical (unpaired) electrons. The zero-order chi connectivity index (χ0) is 28.8. The van der Waals surface area contributed by atoms with Crippen LogP contribution in [0.5, 0.6) is 5.75 Å². The summed E-state index contributed by atoms with van der Waals surface area (Å²) in [5.41, 5.74) is 1.30.